The Morgan fingerprint density at radius 3 is 2.56 bits per heavy atom. The summed E-state index contributed by atoms with van der Waals surface area (Å²) in [5, 5.41) is 13.2. The van der Waals surface area contributed by atoms with Crippen molar-refractivity contribution < 1.29 is 14.5 Å². The SMILES string of the molecule is CC(C)(C)OC(=O)Nc1cccc([N+](=O)[O-])c1Br. The van der Waals surface area contributed by atoms with E-state index in [1.54, 1.807) is 26.8 Å². The summed E-state index contributed by atoms with van der Waals surface area (Å²) in [4.78, 5) is 21.7. The van der Waals surface area contributed by atoms with Gasteiger partial charge in [0.05, 0.1) is 10.6 Å². The first-order valence-electron chi connectivity index (χ1n) is 5.13. The summed E-state index contributed by atoms with van der Waals surface area (Å²) in [6.07, 6.45) is -0.663. The minimum atomic E-state index is -0.663. The molecule has 98 valence electrons. The average molecular weight is 317 g/mol. The zero-order valence-corrected chi connectivity index (χ0v) is 11.8. The topological polar surface area (TPSA) is 81.5 Å². The summed E-state index contributed by atoms with van der Waals surface area (Å²) >= 11 is 3.08. The molecule has 1 N–H and O–H groups in total. The number of carbonyl (C=O) groups is 1. The van der Waals surface area contributed by atoms with Crippen molar-refractivity contribution in [3.05, 3.63) is 32.8 Å². The molecular weight excluding hydrogens is 304 g/mol. The summed E-state index contributed by atoms with van der Waals surface area (Å²) in [5.74, 6) is 0. The number of rotatable bonds is 2. The fourth-order valence-corrected chi connectivity index (χ4v) is 1.68. The third-order valence-electron chi connectivity index (χ3n) is 1.81. The number of nitrogens with zero attached hydrogens (tertiary/aromatic N) is 1. The molecule has 0 unspecified atom stereocenters. The Balaban J connectivity index is 2.89. The van der Waals surface area contributed by atoms with Crippen molar-refractivity contribution in [3.63, 3.8) is 0 Å². The van der Waals surface area contributed by atoms with Gasteiger partial charge in [-0.25, -0.2) is 4.79 Å². The molecule has 18 heavy (non-hydrogen) atoms. The highest BCUT2D eigenvalue weighted by Gasteiger charge is 2.20. The van der Waals surface area contributed by atoms with Crippen LogP contribution < -0.4 is 5.32 Å². The molecule has 0 aromatic heterocycles. The van der Waals surface area contributed by atoms with Crippen molar-refractivity contribution in [1.82, 2.24) is 0 Å². The lowest BCUT2D eigenvalue weighted by atomic mass is 10.2. The van der Waals surface area contributed by atoms with Gasteiger partial charge in [-0.3, -0.25) is 15.4 Å². The van der Waals surface area contributed by atoms with Crippen molar-refractivity contribution in [2.45, 2.75) is 26.4 Å². The van der Waals surface area contributed by atoms with Crippen LogP contribution in [0.2, 0.25) is 0 Å². The summed E-state index contributed by atoms with van der Waals surface area (Å²) in [6, 6.07) is 4.36. The number of hydrogen-bond acceptors (Lipinski definition) is 4. The van der Waals surface area contributed by atoms with Gasteiger partial charge in [0.25, 0.3) is 5.69 Å². The van der Waals surface area contributed by atoms with E-state index in [9.17, 15) is 14.9 Å². The molecule has 0 aliphatic rings. The minimum Gasteiger partial charge on any atom is -0.444 e. The molecule has 0 atom stereocenters. The second-order valence-electron chi connectivity index (χ2n) is 4.52. The maximum absolute atomic E-state index is 11.5. The number of hydrogen-bond donors (Lipinski definition) is 1. The highest BCUT2D eigenvalue weighted by molar-refractivity contribution is 9.10. The van der Waals surface area contributed by atoms with Crippen LogP contribution >= 0.6 is 15.9 Å². The standard InChI is InChI=1S/C11H13BrN2O4/c1-11(2,3)18-10(15)13-7-5-4-6-8(9(7)12)14(16)17/h4-6H,1-3H3,(H,13,15). The number of amides is 1. The van der Waals surface area contributed by atoms with Gasteiger partial charge in [-0.15, -0.1) is 0 Å². The molecule has 1 rings (SSSR count). The van der Waals surface area contributed by atoms with Crippen molar-refractivity contribution in [2.24, 2.45) is 0 Å². The van der Waals surface area contributed by atoms with Crippen molar-refractivity contribution in [1.29, 1.82) is 0 Å². The fourth-order valence-electron chi connectivity index (χ4n) is 1.17. The summed E-state index contributed by atoms with van der Waals surface area (Å²) in [7, 11) is 0. The monoisotopic (exact) mass is 316 g/mol. The van der Waals surface area contributed by atoms with E-state index in [0.29, 0.717) is 5.69 Å². The normalized spacial score (nSPS) is 10.9. The molecule has 1 aromatic rings. The number of halogens is 1. The second kappa shape index (κ2) is 5.34. The Labute approximate surface area is 113 Å². The molecule has 0 spiro atoms. The summed E-state index contributed by atoms with van der Waals surface area (Å²) in [5.41, 5.74) is -0.459. The number of nitro benzene ring substituents is 1. The highest BCUT2D eigenvalue weighted by atomic mass is 79.9. The quantitative estimate of drug-likeness (QED) is 0.666. The van der Waals surface area contributed by atoms with Crippen molar-refractivity contribution in [2.75, 3.05) is 5.32 Å². The highest BCUT2D eigenvalue weighted by Crippen LogP contribution is 2.32. The number of anilines is 1. The van der Waals surface area contributed by atoms with Gasteiger partial charge in [0, 0.05) is 6.07 Å². The predicted octanol–water partition coefficient (Wildman–Crippen LogP) is 3.70. The van der Waals surface area contributed by atoms with Gasteiger partial charge in [0.2, 0.25) is 0 Å². The van der Waals surface area contributed by atoms with Crippen molar-refractivity contribution in [3.8, 4) is 0 Å². The van der Waals surface area contributed by atoms with Gasteiger partial charge in [0.1, 0.15) is 10.1 Å². The first kappa shape index (κ1) is 14.4. The van der Waals surface area contributed by atoms with Crippen LogP contribution in [0.1, 0.15) is 20.8 Å². The zero-order chi connectivity index (χ0) is 13.9. The van der Waals surface area contributed by atoms with Crippen LogP contribution in [0.5, 0.6) is 0 Å². The second-order valence-corrected chi connectivity index (χ2v) is 5.32. The molecule has 0 bridgehead atoms. The number of carbonyl (C=O) groups excluding carboxylic acids is 1. The first-order valence-corrected chi connectivity index (χ1v) is 5.93. The van der Waals surface area contributed by atoms with Gasteiger partial charge in [-0.2, -0.15) is 0 Å². The molecule has 0 heterocycles. The van der Waals surface area contributed by atoms with E-state index in [1.165, 1.54) is 12.1 Å². The van der Waals surface area contributed by atoms with E-state index in [2.05, 4.69) is 21.2 Å². The van der Waals surface area contributed by atoms with Gasteiger partial charge in [-0.1, -0.05) is 6.07 Å². The Bertz CT molecular complexity index is 482. The van der Waals surface area contributed by atoms with E-state index in [1.807, 2.05) is 0 Å². The Morgan fingerprint density at radius 1 is 1.44 bits per heavy atom. The molecule has 7 heteroatoms. The molecule has 0 aliphatic carbocycles. The minimum absolute atomic E-state index is 0.122. The molecule has 0 radical (unpaired) electrons. The van der Waals surface area contributed by atoms with E-state index >= 15 is 0 Å². The summed E-state index contributed by atoms with van der Waals surface area (Å²) in [6.45, 7) is 5.19. The van der Waals surface area contributed by atoms with Crippen molar-refractivity contribution >= 4 is 33.4 Å². The molecule has 0 saturated carbocycles. The van der Waals surface area contributed by atoms with Crippen LogP contribution in [0.4, 0.5) is 16.2 Å². The third kappa shape index (κ3) is 3.99. The summed E-state index contributed by atoms with van der Waals surface area (Å²) < 4.78 is 5.27. The Hall–Kier alpha value is -1.63. The smallest absolute Gasteiger partial charge is 0.412 e. The van der Waals surface area contributed by atoms with Crippen LogP contribution in [-0.2, 0) is 4.74 Å². The number of ether oxygens (including phenoxy) is 1. The van der Waals surface area contributed by atoms with Crippen LogP contribution in [0.15, 0.2) is 22.7 Å². The molecular formula is C11H13BrN2O4. The Kier molecular flexibility index (Phi) is 4.28. The van der Waals surface area contributed by atoms with Gasteiger partial charge in [0.15, 0.2) is 0 Å². The largest absolute Gasteiger partial charge is 0.444 e. The fraction of sp³-hybridized carbons (Fsp3) is 0.364. The van der Waals surface area contributed by atoms with Crippen LogP contribution in [0, 0.1) is 10.1 Å². The average Bonchev–Trinajstić information content (AvgIpc) is 2.17. The number of benzene rings is 1. The lowest BCUT2D eigenvalue weighted by Crippen LogP contribution is -2.27. The zero-order valence-electron chi connectivity index (χ0n) is 10.2. The molecule has 0 aliphatic heterocycles. The van der Waals surface area contributed by atoms with E-state index in [0.717, 1.165) is 0 Å². The van der Waals surface area contributed by atoms with E-state index in [4.69, 9.17) is 4.74 Å². The molecule has 0 saturated heterocycles. The lowest BCUT2D eigenvalue weighted by molar-refractivity contribution is -0.385. The van der Waals surface area contributed by atoms with Crippen LogP contribution in [0.3, 0.4) is 0 Å². The first-order chi connectivity index (χ1) is 8.20. The number of nitrogens with one attached hydrogen (secondary N) is 1. The molecule has 6 nitrogen and oxygen atoms in total. The molecule has 0 fully saturated rings. The maximum Gasteiger partial charge on any atom is 0.412 e. The van der Waals surface area contributed by atoms with Gasteiger partial charge >= 0.3 is 6.09 Å². The predicted molar refractivity (Wildman–Crippen MR) is 70.7 cm³/mol. The van der Waals surface area contributed by atoms with Gasteiger partial charge < -0.3 is 4.74 Å². The third-order valence-corrected chi connectivity index (χ3v) is 2.64. The lowest BCUT2D eigenvalue weighted by Gasteiger charge is -2.19. The van der Waals surface area contributed by atoms with Crippen LogP contribution in [0.25, 0.3) is 0 Å². The maximum atomic E-state index is 11.5. The van der Waals surface area contributed by atoms with Gasteiger partial charge in [-0.05, 0) is 42.8 Å². The van der Waals surface area contributed by atoms with E-state index < -0.39 is 16.6 Å². The molecule has 1 aromatic carbocycles. The van der Waals surface area contributed by atoms with E-state index in [-0.39, 0.29) is 10.2 Å². The van der Waals surface area contributed by atoms with Crippen LogP contribution in [-0.4, -0.2) is 16.6 Å². The number of nitro groups is 1. The Morgan fingerprint density at radius 2 is 2.06 bits per heavy atom. The molecule has 1 amide bonds.